The van der Waals surface area contributed by atoms with E-state index >= 15 is 0 Å². The number of nitrogens with one attached hydrogen (secondary N) is 1. The summed E-state index contributed by atoms with van der Waals surface area (Å²) in [5, 5.41) is 6.86. The zero-order valence-corrected chi connectivity index (χ0v) is 5.05. The maximum Gasteiger partial charge on any atom is 0.109 e. The summed E-state index contributed by atoms with van der Waals surface area (Å²) in [4.78, 5) is 7.24. The van der Waals surface area contributed by atoms with Gasteiger partial charge in [-0.05, 0) is 6.92 Å². The van der Waals surface area contributed by atoms with Gasteiger partial charge in [0.15, 0.2) is 0 Å². The molecule has 8 heavy (non-hydrogen) atoms. The molecule has 0 aliphatic heterocycles. The molecule has 0 aliphatic rings. The average Bonchev–Trinajstić information content (AvgIpc) is 1.66. The topological polar surface area (TPSA) is 48.6 Å². The molecule has 0 amide bonds. The van der Waals surface area contributed by atoms with Crippen molar-refractivity contribution in [1.29, 1.82) is 5.41 Å². The summed E-state index contributed by atoms with van der Waals surface area (Å²) < 4.78 is 0. The fourth-order valence-corrected chi connectivity index (χ4v) is 0.212. The van der Waals surface area contributed by atoms with Gasteiger partial charge < -0.3 is 5.41 Å². The maximum atomic E-state index is 6.86. The van der Waals surface area contributed by atoms with E-state index in [9.17, 15) is 0 Å². The molecule has 0 unspecified atom stereocenters. The standard InChI is InChI=1S/C5H9N3/c1-5(6)3-8-4-7-2/h3-4,6H,1-2H3. The van der Waals surface area contributed by atoms with Crippen molar-refractivity contribution in [2.45, 2.75) is 6.92 Å². The van der Waals surface area contributed by atoms with E-state index in [1.165, 1.54) is 12.6 Å². The molecule has 0 aliphatic carbocycles. The van der Waals surface area contributed by atoms with Gasteiger partial charge in [0.1, 0.15) is 6.34 Å². The van der Waals surface area contributed by atoms with Crippen LogP contribution >= 0.6 is 0 Å². The van der Waals surface area contributed by atoms with Crippen LogP contribution in [0, 0.1) is 5.41 Å². The van der Waals surface area contributed by atoms with Crippen LogP contribution in [0.5, 0.6) is 0 Å². The van der Waals surface area contributed by atoms with E-state index in [4.69, 9.17) is 5.41 Å². The summed E-state index contributed by atoms with van der Waals surface area (Å²) in [5.41, 5.74) is 0.435. The van der Waals surface area contributed by atoms with Gasteiger partial charge in [0.2, 0.25) is 0 Å². The minimum Gasteiger partial charge on any atom is -0.304 e. The van der Waals surface area contributed by atoms with Crippen molar-refractivity contribution in [2.24, 2.45) is 9.98 Å². The lowest BCUT2D eigenvalue weighted by Crippen LogP contribution is -1.87. The molecule has 0 atom stereocenters. The molecular formula is C5H9N3. The Morgan fingerprint density at radius 3 is 2.62 bits per heavy atom. The molecule has 0 aromatic carbocycles. The Morgan fingerprint density at radius 2 is 2.25 bits per heavy atom. The van der Waals surface area contributed by atoms with E-state index in [2.05, 4.69) is 9.98 Å². The Balaban J connectivity index is 3.50. The second-order valence-corrected chi connectivity index (χ2v) is 1.33. The van der Waals surface area contributed by atoms with Crippen LogP contribution in [0.2, 0.25) is 0 Å². The van der Waals surface area contributed by atoms with Crippen LogP contribution < -0.4 is 0 Å². The zero-order valence-electron chi connectivity index (χ0n) is 5.05. The molecule has 0 radical (unpaired) electrons. The summed E-state index contributed by atoms with van der Waals surface area (Å²) in [5.74, 6) is 0. The van der Waals surface area contributed by atoms with Crippen LogP contribution in [0.15, 0.2) is 9.98 Å². The fourth-order valence-electron chi connectivity index (χ4n) is 0.212. The minimum atomic E-state index is 0.435. The van der Waals surface area contributed by atoms with Gasteiger partial charge >= 0.3 is 0 Å². The molecule has 3 nitrogen and oxygen atoms in total. The van der Waals surface area contributed by atoms with Crippen LogP contribution in [0.4, 0.5) is 0 Å². The van der Waals surface area contributed by atoms with Crippen molar-refractivity contribution in [3.05, 3.63) is 0 Å². The molecule has 0 saturated heterocycles. The van der Waals surface area contributed by atoms with Crippen molar-refractivity contribution in [1.82, 2.24) is 0 Å². The van der Waals surface area contributed by atoms with Crippen molar-refractivity contribution < 1.29 is 0 Å². The fraction of sp³-hybridized carbons (Fsp3) is 0.400. The maximum absolute atomic E-state index is 6.86. The average molecular weight is 111 g/mol. The zero-order chi connectivity index (χ0) is 6.41. The lowest BCUT2D eigenvalue weighted by molar-refractivity contribution is 1.45. The predicted octanol–water partition coefficient (Wildman–Crippen LogP) is 0.755. The van der Waals surface area contributed by atoms with Gasteiger partial charge in [0.05, 0.1) is 0 Å². The Labute approximate surface area is 48.7 Å². The molecule has 0 saturated carbocycles. The van der Waals surface area contributed by atoms with Gasteiger partial charge in [-0.1, -0.05) is 0 Å². The molecule has 0 fully saturated rings. The second kappa shape index (κ2) is 4.18. The highest BCUT2D eigenvalue weighted by Crippen LogP contribution is 1.61. The molecule has 3 heteroatoms. The normalized spacial score (nSPS) is 11.2. The van der Waals surface area contributed by atoms with Crippen molar-refractivity contribution in [2.75, 3.05) is 7.05 Å². The van der Waals surface area contributed by atoms with E-state index in [0.29, 0.717) is 5.71 Å². The molecule has 0 heterocycles. The van der Waals surface area contributed by atoms with Gasteiger partial charge in [-0.15, -0.1) is 0 Å². The van der Waals surface area contributed by atoms with Crippen LogP contribution in [-0.4, -0.2) is 25.3 Å². The number of hydrogen-bond acceptors (Lipinski definition) is 2. The third-order valence-electron chi connectivity index (χ3n) is 0.450. The number of nitrogens with zero attached hydrogens (tertiary/aromatic N) is 2. The van der Waals surface area contributed by atoms with Gasteiger partial charge in [-0.25, -0.2) is 4.99 Å². The second-order valence-electron chi connectivity index (χ2n) is 1.33. The van der Waals surface area contributed by atoms with E-state index in [1.807, 2.05) is 0 Å². The smallest absolute Gasteiger partial charge is 0.109 e. The van der Waals surface area contributed by atoms with Crippen LogP contribution in [-0.2, 0) is 0 Å². The Kier molecular flexibility index (Phi) is 3.66. The first kappa shape index (κ1) is 7.01. The monoisotopic (exact) mass is 111 g/mol. The highest BCUT2D eigenvalue weighted by molar-refractivity contribution is 6.29. The lowest BCUT2D eigenvalue weighted by atomic mass is 10.5. The van der Waals surface area contributed by atoms with Crippen LogP contribution in [0.1, 0.15) is 6.92 Å². The van der Waals surface area contributed by atoms with Crippen molar-refractivity contribution in [3.8, 4) is 0 Å². The van der Waals surface area contributed by atoms with Gasteiger partial charge in [0.25, 0.3) is 0 Å². The largest absolute Gasteiger partial charge is 0.304 e. The first-order chi connectivity index (χ1) is 3.77. The minimum absolute atomic E-state index is 0.435. The molecule has 0 bridgehead atoms. The summed E-state index contributed by atoms with van der Waals surface area (Å²) >= 11 is 0. The third kappa shape index (κ3) is 5.01. The van der Waals surface area contributed by atoms with E-state index < -0.39 is 0 Å². The summed E-state index contributed by atoms with van der Waals surface area (Å²) in [6.07, 6.45) is 2.84. The molecule has 0 rings (SSSR count). The third-order valence-corrected chi connectivity index (χ3v) is 0.450. The first-order valence-corrected chi connectivity index (χ1v) is 2.26. The molecule has 0 aromatic heterocycles. The SMILES string of the molecule is CN=CN=CC(C)=N. The molecular weight excluding hydrogens is 102 g/mol. The van der Waals surface area contributed by atoms with Gasteiger partial charge in [-0.3, -0.25) is 4.99 Å². The first-order valence-electron chi connectivity index (χ1n) is 2.26. The van der Waals surface area contributed by atoms with Crippen molar-refractivity contribution in [3.63, 3.8) is 0 Å². The van der Waals surface area contributed by atoms with E-state index in [-0.39, 0.29) is 0 Å². The molecule has 0 spiro atoms. The van der Waals surface area contributed by atoms with E-state index in [0.717, 1.165) is 0 Å². The molecule has 1 N–H and O–H groups in total. The summed E-state index contributed by atoms with van der Waals surface area (Å²) in [7, 11) is 1.64. The lowest BCUT2D eigenvalue weighted by Gasteiger charge is -1.75. The van der Waals surface area contributed by atoms with Crippen LogP contribution in [0.25, 0.3) is 0 Å². The highest BCUT2D eigenvalue weighted by atomic mass is 14.8. The van der Waals surface area contributed by atoms with Gasteiger partial charge in [0, 0.05) is 19.0 Å². The quantitative estimate of drug-likeness (QED) is 0.404. The number of rotatable bonds is 2. The predicted molar refractivity (Wildman–Crippen MR) is 36.3 cm³/mol. The molecule has 0 aromatic rings. The summed E-state index contributed by atoms with van der Waals surface area (Å²) in [6, 6.07) is 0. The summed E-state index contributed by atoms with van der Waals surface area (Å²) in [6.45, 7) is 1.66. The number of hydrogen-bond donors (Lipinski definition) is 1. The van der Waals surface area contributed by atoms with Gasteiger partial charge in [-0.2, -0.15) is 0 Å². The molecule has 44 valence electrons. The Bertz CT molecular complexity index is 124. The van der Waals surface area contributed by atoms with E-state index in [1.54, 1.807) is 14.0 Å². The Hall–Kier alpha value is -0.990. The Morgan fingerprint density at radius 1 is 1.62 bits per heavy atom. The van der Waals surface area contributed by atoms with Crippen LogP contribution in [0.3, 0.4) is 0 Å². The van der Waals surface area contributed by atoms with Crippen molar-refractivity contribution >= 4 is 18.3 Å². The number of aliphatic imine (C=N–C) groups is 2. The highest BCUT2D eigenvalue weighted by Gasteiger charge is 1.71.